The first kappa shape index (κ1) is 16.5. The van der Waals surface area contributed by atoms with E-state index in [4.69, 9.17) is 4.74 Å². The highest BCUT2D eigenvalue weighted by Gasteiger charge is 2.04. The topological polar surface area (TPSA) is 51.2 Å². The molecule has 22 heavy (non-hydrogen) atoms. The van der Waals surface area contributed by atoms with Gasteiger partial charge in [-0.1, -0.05) is 19.1 Å². The van der Waals surface area contributed by atoms with Gasteiger partial charge in [-0.15, -0.1) is 11.3 Å². The van der Waals surface area contributed by atoms with Gasteiger partial charge in [-0.2, -0.15) is 0 Å². The van der Waals surface area contributed by atoms with E-state index in [9.17, 15) is 4.79 Å². The van der Waals surface area contributed by atoms with Crippen LogP contribution >= 0.6 is 11.3 Å². The molecule has 0 saturated heterocycles. The Hall–Kier alpha value is -1.88. The molecule has 0 saturated carbocycles. The molecule has 0 unspecified atom stereocenters. The average Bonchev–Trinajstić information content (AvgIpc) is 2.96. The predicted octanol–water partition coefficient (Wildman–Crippen LogP) is 3.49. The number of nitrogens with zero attached hydrogens (tertiary/aromatic N) is 1. The van der Waals surface area contributed by atoms with Crippen molar-refractivity contribution >= 4 is 17.2 Å². The van der Waals surface area contributed by atoms with Crippen LogP contribution in [0.4, 0.5) is 0 Å². The van der Waals surface area contributed by atoms with Crippen LogP contribution in [0.3, 0.4) is 0 Å². The number of carbonyl (C=O) groups is 1. The van der Waals surface area contributed by atoms with E-state index in [-0.39, 0.29) is 5.91 Å². The van der Waals surface area contributed by atoms with E-state index in [0.29, 0.717) is 26.0 Å². The van der Waals surface area contributed by atoms with Gasteiger partial charge < -0.3 is 10.1 Å². The highest BCUT2D eigenvalue weighted by molar-refractivity contribution is 7.09. The molecule has 4 nitrogen and oxygen atoms in total. The number of aromatic nitrogens is 1. The molecule has 0 bridgehead atoms. The number of rotatable bonds is 8. The van der Waals surface area contributed by atoms with Gasteiger partial charge in [-0.25, -0.2) is 4.98 Å². The Morgan fingerprint density at radius 2 is 2.09 bits per heavy atom. The summed E-state index contributed by atoms with van der Waals surface area (Å²) in [6.07, 6.45) is 2.20. The second-order valence-corrected chi connectivity index (χ2v) is 6.15. The first-order chi connectivity index (χ1) is 10.7. The average molecular weight is 318 g/mol. The van der Waals surface area contributed by atoms with Gasteiger partial charge in [0.15, 0.2) is 0 Å². The first-order valence-electron chi connectivity index (χ1n) is 7.57. The zero-order chi connectivity index (χ0) is 15.8. The Morgan fingerprint density at radius 1 is 1.32 bits per heavy atom. The Kier molecular flexibility index (Phi) is 6.40. The maximum Gasteiger partial charge on any atom is 0.220 e. The Labute approximate surface area is 135 Å². The van der Waals surface area contributed by atoms with E-state index in [1.54, 1.807) is 11.3 Å². The second-order valence-electron chi connectivity index (χ2n) is 5.08. The number of hydrogen-bond donors (Lipinski definition) is 1. The minimum atomic E-state index is 0.0376. The molecular formula is C17H22N2O2S. The fourth-order valence-corrected chi connectivity index (χ4v) is 2.62. The SMILES string of the molecule is CCc1ccc(OCCCC(=O)NCc2csc(C)n2)cc1. The monoisotopic (exact) mass is 318 g/mol. The van der Waals surface area contributed by atoms with E-state index < -0.39 is 0 Å². The van der Waals surface area contributed by atoms with Gasteiger partial charge in [0, 0.05) is 11.8 Å². The summed E-state index contributed by atoms with van der Waals surface area (Å²) in [6, 6.07) is 8.09. The van der Waals surface area contributed by atoms with Gasteiger partial charge in [-0.05, 0) is 37.5 Å². The number of amides is 1. The summed E-state index contributed by atoms with van der Waals surface area (Å²) in [6.45, 7) is 5.14. The molecule has 1 aromatic heterocycles. The zero-order valence-corrected chi connectivity index (χ0v) is 13.9. The number of hydrogen-bond acceptors (Lipinski definition) is 4. The number of aryl methyl sites for hydroxylation is 2. The summed E-state index contributed by atoms with van der Waals surface area (Å²) < 4.78 is 5.63. The fourth-order valence-electron chi connectivity index (χ4n) is 2.01. The molecule has 118 valence electrons. The van der Waals surface area contributed by atoms with Gasteiger partial charge >= 0.3 is 0 Å². The molecule has 0 aliphatic carbocycles. The third-order valence-electron chi connectivity index (χ3n) is 3.28. The Balaban J connectivity index is 1.60. The summed E-state index contributed by atoms with van der Waals surface area (Å²) in [5, 5.41) is 5.87. The summed E-state index contributed by atoms with van der Waals surface area (Å²) in [4.78, 5) is 16.0. The van der Waals surface area contributed by atoms with Gasteiger partial charge in [-0.3, -0.25) is 4.79 Å². The lowest BCUT2D eigenvalue weighted by Crippen LogP contribution is -2.23. The zero-order valence-electron chi connectivity index (χ0n) is 13.1. The minimum Gasteiger partial charge on any atom is -0.494 e. The van der Waals surface area contributed by atoms with Crippen LogP contribution in [0.25, 0.3) is 0 Å². The standard InChI is InChI=1S/C17H22N2O2S/c1-3-14-6-8-16(9-7-14)21-10-4-5-17(20)18-11-15-12-22-13(2)19-15/h6-9,12H,3-5,10-11H2,1-2H3,(H,18,20). The van der Waals surface area contributed by atoms with Crippen LogP contribution in [-0.2, 0) is 17.8 Å². The third kappa shape index (κ3) is 5.48. The fraction of sp³-hybridized carbons (Fsp3) is 0.412. The first-order valence-corrected chi connectivity index (χ1v) is 8.44. The van der Waals surface area contributed by atoms with Gasteiger partial charge in [0.1, 0.15) is 5.75 Å². The van der Waals surface area contributed by atoms with E-state index in [0.717, 1.165) is 22.9 Å². The maximum atomic E-state index is 11.7. The number of carbonyl (C=O) groups excluding carboxylic acids is 1. The molecular weight excluding hydrogens is 296 g/mol. The smallest absolute Gasteiger partial charge is 0.220 e. The molecule has 0 spiro atoms. The van der Waals surface area contributed by atoms with E-state index in [1.165, 1.54) is 5.56 Å². The van der Waals surface area contributed by atoms with Crippen LogP contribution in [0, 0.1) is 6.92 Å². The highest BCUT2D eigenvalue weighted by atomic mass is 32.1. The van der Waals surface area contributed by atoms with Gasteiger partial charge in [0.05, 0.1) is 23.9 Å². The third-order valence-corrected chi connectivity index (χ3v) is 4.10. The van der Waals surface area contributed by atoms with Crippen LogP contribution in [0.2, 0.25) is 0 Å². The van der Waals surface area contributed by atoms with Crippen molar-refractivity contribution in [2.45, 2.75) is 39.7 Å². The molecule has 2 rings (SSSR count). The summed E-state index contributed by atoms with van der Waals surface area (Å²) >= 11 is 1.60. The summed E-state index contributed by atoms with van der Waals surface area (Å²) in [5.41, 5.74) is 2.21. The van der Waals surface area contributed by atoms with Crippen molar-refractivity contribution in [3.05, 3.63) is 45.9 Å². The molecule has 0 atom stereocenters. The summed E-state index contributed by atoms with van der Waals surface area (Å²) in [5.74, 6) is 0.895. The van der Waals surface area contributed by atoms with Crippen molar-refractivity contribution in [2.75, 3.05) is 6.61 Å². The number of thiazole rings is 1. The van der Waals surface area contributed by atoms with Crippen molar-refractivity contribution < 1.29 is 9.53 Å². The van der Waals surface area contributed by atoms with E-state index >= 15 is 0 Å². The second kappa shape index (κ2) is 8.54. The molecule has 2 aromatic rings. The lowest BCUT2D eigenvalue weighted by molar-refractivity contribution is -0.121. The van der Waals surface area contributed by atoms with Gasteiger partial charge in [0.2, 0.25) is 5.91 Å². The molecule has 0 fully saturated rings. The number of nitrogens with one attached hydrogen (secondary N) is 1. The molecule has 0 radical (unpaired) electrons. The molecule has 1 N–H and O–H groups in total. The van der Waals surface area contributed by atoms with Gasteiger partial charge in [0.25, 0.3) is 0 Å². The lowest BCUT2D eigenvalue weighted by atomic mass is 10.2. The Morgan fingerprint density at radius 3 is 2.73 bits per heavy atom. The lowest BCUT2D eigenvalue weighted by Gasteiger charge is -2.07. The Bertz CT molecular complexity index is 593. The minimum absolute atomic E-state index is 0.0376. The normalized spacial score (nSPS) is 10.5. The number of ether oxygens (including phenoxy) is 1. The van der Waals surface area contributed by atoms with Crippen molar-refractivity contribution in [1.82, 2.24) is 10.3 Å². The molecule has 0 aliphatic rings. The van der Waals surface area contributed by atoms with Crippen molar-refractivity contribution in [2.24, 2.45) is 0 Å². The molecule has 5 heteroatoms. The van der Waals surface area contributed by atoms with Crippen LogP contribution in [-0.4, -0.2) is 17.5 Å². The number of benzene rings is 1. The summed E-state index contributed by atoms with van der Waals surface area (Å²) in [7, 11) is 0. The van der Waals surface area contributed by atoms with Crippen molar-refractivity contribution in [1.29, 1.82) is 0 Å². The largest absolute Gasteiger partial charge is 0.494 e. The van der Waals surface area contributed by atoms with E-state index in [2.05, 4.69) is 29.4 Å². The van der Waals surface area contributed by atoms with Crippen molar-refractivity contribution in [3.63, 3.8) is 0 Å². The van der Waals surface area contributed by atoms with Crippen molar-refractivity contribution in [3.8, 4) is 5.75 Å². The van der Waals surface area contributed by atoms with E-state index in [1.807, 2.05) is 24.4 Å². The van der Waals surface area contributed by atoms with Crippen LogP contribution in [0.15, 0.2) is 29.6 Å². The maximum absolute atomic E-state index is 11.7. The van der Waals surface area contributed by atoms with Crippen LogP contribution < -0.4 is 10.1 Å². The van der Waals surface area contributed by atoms with Crippen LogP contribution in [0.5, 0.6) is 5.75 Å². The molecule has 0 aliphatic heterocycles. The predicted molar refractivity (Wildman–Crippen MR) is 89.2 cm³/mol. The van der Waals surface area contributed by atoms with Crippen LogP contribution in [0.1, 0.15) is 36.0 Å². The molecule has 1 heterocycles. The quantitative estimate of drug-likeness (QED) is 0.758. The molecule has 1 amide bonds. The molecule has 1 aromatic carbocycles. The highest BCUT2D eigenvalue weighted by Crippen LogP contribution is 2.13.